The minimum Gasteiger partial charge on any atom is -1.00 e. The van der Waals surface area contributed by atoms with Crippen LogP contribution in [0.1, 0.15) is 13.8 Å². The summed E-state index contributed by atoms with van der Waals surface area (Å²) in [6.45, 7) is 5.96. The van der Waals surface area contributed by atoms with Crippen LogP contribution in [0.4, 0.5) is 0 Å². The topological polar surface area (TPSA) is 48.5 Å². The molecule has 5 rings (SSSR count). The number of rotatable bonds is 4. The van der Waals surface area contributed by atoms with Crippen molar-refractivity contribution in [1.82, 2.24) is 24.1 Å². The summed E-state index contributed by atoms with van der Waals surface area (Å²) in [4.78, 5) is 14.6. The Bertz CT molecular complexity index is 1220. The van der Waals surface area contributed by atoms with Gasteiger partial charge in [0.1, 0.15) is 11.4 Å². The van der Waals surface area contributed by atoms with E-state index in [1.54, 1.807) is 0 Å². The number of fused-ring (bicyclic) bond motifs is 2. The Kier molecular flexibility index (Phi) is 10.2. The molecule has 0 aliphatic carbocycles. The van der Waals surface area contributed by atoms with E-state index in [0.29, 0.717) is 0 Å². The van der Waals surface area contributed by atoms with Gasteiger partial charge in [0.2, 0.25) is 0 Å². The Labute approximate surface area is 216 Å². The van der Waals surface area contributed by atoms with Crippen LogP contribution in [0.2, 0.25) is 0 Å². The van der Waals surface area contributed by atoms with Gasteiger partial charge in [-0.25, -0.2) is 15.0 Å². The Morgan fingerprint density at radius 1 is 0.562 bits per heavy atom. The Morgan fingerprint density at radius 2 is 0.969 bits per heavy atom. The zero-order valence-electron chi connectivity index (χ0n) is 17.5. The number of halogens is 3. The molecule has 2 aromatic carbocycles. The molecule has 0 N–H and O–H groups in total. The molecule has 3 heterocycles. The van der Waals surface area contributed by atoms with Crippen molar-refractivity contribution >= 4 is 22.1 Å². The molecule has 0 saturated carbocycles. The van der Waals surface area contributed by atoms with Crippen molar-refractivity contribution in [1.29, 1.82) is 0 Å². The van der Waals surface area contributed by atoms with Crippen molar-refractivity contribution in [3.63, 3.8) is 0 Å². The molecule has 0 fully saturated rings. The summed E-state index contributed by atoms with van der Waals surface area (Å²) in [7, 11) is 0. The smallest absolute Gasteiger partial charge is 1.00 e. The molecule has 32 heavy (non-hydrogen) atoms. The predicted molar refractivity (Wildman–Crippen MR) is 113 cm³/mol. The van der Waals surface area contributed by atoms with Gasteiger partial charge in [-0.2, -0.15) is 0 Å². The molecule has 9 heteroatoms. The van der Waals surface area contributed by atoms with Crippen LogP contribution in [0.3, 0.4) is 0 Å². The molecule has 0 aliphatic heterocycles. The normalized spacial score (nSPS) is 10.1. The van der Waals surface area contributed by atoms with Crippen molar-refractivity contribution in [2.45, 2.75) is 26.9 Å². The quantitative estimate of drug-likeness (QED) is 0.224. The van der Waals surface area contributed by atoms with E-state index in [4.69, 9.17) is 15.0 Å². The fourth-order valence-electron chi connectivity index (χ4n) is 3.87. The fraction of sp³-hybridized carbons (Fsp3) is 0.174. The van der Waals surface area contributed by atoms with E-state index >= 15 is 0 Å². The number of benzene rings is 2. The Hall–Kier alpha value is -2.08. The molecule has 0 aliphatic rings. The molecule has 3 aromatic heterocycles. The van der Waals surface area contributed by atoms with Gasteiger partial charge in [0.05, 0.1) is 22.1 Å². The van der Waals surface area contributed by atoms with Crippen LogP contribution in [0, 0.1) is 0 Å². The first kappa shape index (κ1) is 28.0. The molecule has 5 nitrogen and oxygen atoms in total. The number of aromatic nitrogens is 5. The fourth-order valence-corrected chi connectivity index (χ4v) is 3.87. The van der Waals surface area contributed by atoms with Gasteiger partial charge in [-0.15, -0.1) is 0 Å². The third-order valence-corrected chi connectivity index (χ3v) is 5.15. The maximum absolute atomic E-state index is 4.95. The molecule has 0 atom stereocenters. The average Bonchev–Trinajstić information content (AvgIpc) is 3.32. The molecule has 0 saturated heterocycles. The molecule has 167 valence electrons. The van der Waals surface area contributed by atoms with E-state index in [9.17, 15) is 0 Å². The van der Waals surface area contributed by atoms with Crippen molar-refractivity contribution in [3.8, 4) is 23.0 Å². The largest absolute Gasteiger partial charge is 3.00 e. The first-order chi connectivity index (χ1) is 13.8. The van der Waals surface area contributed by atoms with Gasteiger partial charge in [-0.1, -0.05) is 30.3 Å². The predicted octanol–water partition coefficient (Wildman–Crippen LogP) is -3.84. The maximum atomic E-state index is 4.95. The van der Waals surface area contributed by atoms with Crippen LogP contribution in [0.5, 0.6) is 0 Å². The second-order valence-corrected chi connectivity index (χ2v) is 6.74. The molecular formula is C23H21Cl3FeN5. The number of imidazole rings is 2. The van der Waals surface area contributed by atoms with Gasteiger partial charge in [-0.3, -0.25) is 0 Å². The van der Waals surface area contributed by atoms with Gasteiger partial charge < -0.3 is 46.4 Å². The second kappa shape index (κ2) is 11.7. The first-order valence-corrected chi connectivity index (χ1v) is 9.68. The number of hydrogen-bond donors (Lipinski definition) is 0. The maximum Gasteiger partial charge on any atom is 3.00 e. The summed E-state index contributed by atoms with van der Waals surface area (Å²) in [5.41, 5.74) is 5.98. The minimum atomic E-state index is 0. The molecular weight excluding hydrogens is 508 g/mol. The molecule has 0 bridgehead atoms. The zero-order valence-corrected chi connectivity index (χ0v) is 20.9. The average molecular weight is 530 g/mol. The van der Waals surface area contributed by atoms with E-state index in [2.05, 4.69) is 35.1 Å². The van der Waals surface area contributed by atoms with Gasteiger partial charge in [0.25, 0.3) is 0 Å². The van der Waals surface area contributed by atoms with Gasteiger partial charge >= 0.3 is 17.1 Å². The van der Waals surface area contributed by atoms with Crippen molar-refractivity contribution in [3.05, 3.63) is 66.7 Å². The molecule has 0 unspecified atom stereocenters. The van der Waals surface area contributed by atoms with Crippen LogP contribution in [0.25, 0.3) is 45.1 Å². The number of hydrogen-bond acceptors (Lipinski definition) is 3. The number of para-hydroxylation sites is 4. The molecule has 1 radical (unpaired) electrons. The van der Waals surface area contributed by atoms with Gasteiger partial charge in [0, 0.05) is 13.1 Å². The minimum absolute atomic E-state index is 0. The van der Waals surface area contributed by atoms with E-state index in [0.717, 1.165) is 58.2 Å². The van der Waals surface area contributed by atoms with E-state index < -0.39 is 0 Å². The summed E-state index contributed by atoms with van der Waals surface area (Å²) < 4.78 is 4.43. The molecule has 0 spiro atoms. The Morgan fingerprint density at radius 3 is 1.38 bits per heavy atom. The second-order valence-electron chi connectivity index (χ2n) is 6.74. The summed E-state index contributed by atoms with van der Waals surface area (Å²) in [5.74, 6) is 1.79. The van der Waals surface area contributed by atoms with Gasteiger partial charge in [-0.05, 0) is 50.2 Å². The van der Waals surface area contributed by atoms with Crippen LogP contribution >= 0.6 is 0 Å². The van der Waals surface area contributed by atoms with E-state index in [1.165, 1.54) is 0 Å². The third kappa shape index (κ3) is 4.66. The van der Waals surface area contributed by atoms with Crippen molar-refractivity contribution in [2.75, 3.05) is 0 Å². The summed E-state index contributed by atoms with van der Waals surface area (Å²) >= 11 is 0. The number of pyridine rings is 1. The zero-order chi connectivity index (χ0) is 19.1. The Balaban J connectivity index is 0.00000128. The first-order valence-electron chi connectivity index (χ1n) is 9.68. The standard InChI is InChI=1S/C23H21N5.3ClH.Fe/c1-3-27-20-14-7-5-10-16(20)25-22(27)18-12-9-13-19(24-18)23-26-17-11-6-8-15-21(17)28(23)4-2;;;;/h5-15H,3-4H2,1-2H3;3*1H;/q;;;;+3/p-3. The van der Waals surface area contributed by atoms with E-state index in [-0.39, 0.29) is 54.3 Å². The SMILES string of the molecule is CCn1c(-c2cccc(-c3nc4ccccc4n3CC)n2)nc2ccccc21.[Cl-].[Cl-].[Cl-].[Fe+3]. The molecule has 0 amide bonds. The number of aryl methyl sites for hydroxylation is 2. The van der Waals surface area contributed by atoms with Crippen molar-refractivity contribution < 1.29 is 54.3 Å². The van der Waals surface area contributed by atoms with Crippen LogP contribution in [0.15, 0.2) is 66.7 Å². The number of nitrogens with zero attached hydrogens (tertiary/aromatic N) is 5. The summed E-state index contributed by atoms with van der Waals surface area (Å²) in [5, 5.41) is 0. The third-order valence-electron chi connectivity index (χ3n) is 5.15. The molecule has 5 aromatic rings. The van der Waals surface area contributed by atoms with Crippen molar-refractivity contribution in [2.24, 2.45) is 0 Å². The van der Waals surface area contributed by atoms with Gasteiger partial charge in [0.15, 0.2) is 11.6 Å². The van der Waals surface area contributed by atoms with Crippen LogP contribution < -0.4 is 37.2 Å². The monoisotopic (exact) mass is 528 g/mol. The van der Waals surface area contributed by atoms with Crippen LogP contribution in [-0.4, -0.2) is 24.1 Å². The summed E-state index contributed by atoms with van der Waals surface area (Å²) in [6, 6.07) is 22.5. The summed E-state index contributed by atoms with van der Waals surface area (Å²) in [6.07, 6.45) is 0. The van der Waals surface area contributed by atoms with E-state index in [1.807, 2.05) is 54.6 Å². The van der Waals surface area contributed by atoms with Crippen LogP contribution in [-0.2, 0) is 30.2 Å².